The van der Waals surface area contributed by atoms with Crippen molar-refractivity contribution in [3.05, 3.63) is 0 Å². The van der Waals surface area contributed by atoms with Gasteiger partial charge in [0.05, 0.1) is 0 Å². The first kappa shape index (κ1) is 14.8. The van der Waals surface area contributed by atoms with Crippen molar-refractivity contribution < 1.29 is 0 Å². The van der Waals surface area contributed by atoms with Crippen LogP contribution in [0.3, 0.4) is 0 Å². The van der Waals surface area contributed by atoms with Crippen LogP contribution in [0.1, 0.15) is 33.1 Å². The molecule has 3 unspecified atom stereocenters. The second kappa shape index (κ2) is 6.21. The van der Waals surface area contributed by atoms with Gasteiger partial charge in [0.15, 0.2) is 0 Å². The van der Waals surface area contributed by atoms with Gasteiger partial charge in [0.25, 0.3) is 0 Å². The van der Waals surface area contributed by atoms with Gasteiger partial charge in [0, 0.05) is 20.1 Å². The second-order valence-corrected chi connectivity index (χ2v) is 5.68. The van der Waals surface area contributed by atoms with Gasteiger partial charge in [-0.05, 0) is 24.7 Å². The number of hydrogen-bond acceptors (Lipinski definition) is 7. The summed E-state index contributed by atoms with van der Waals surface area (Å²) in [5, 5.41) is 3.44. The number of nitrogens with one attached hydrogen (secondary N) is 2. The molecule has 0 aromatic carbocycles. The van der Waals surface area contributed by atoms with E-state index in [9.17, 15) is 0 Å². The van der Waals surface area contributed by atoms with E-state index in [4.69, 9.17) is 5.84 Å². The SMILES string of the molecule is CCC1CCC(Nc2nc(NN)nc(N(C)C)n2)C1C. The second-order valence-electron chi connectivity index (χ2n) is 5.68. The van der Waals surface area contributed by atoms with Gasteiger partial charge >= 0.3 is 0 Å². The fourth-order valence-corrected chi connectivity index (χ4v) is 2.89. The Morgan fingerprint density at radius 2 is 1.90 bits per heavy atom. The Hall–Kier alpha value is -1.63. The van der Waals surface area contributed by atoms with Crippen molar-refractivity contribution in [3.63, 3.8) is 0 Å². The molecule has 3 atom stereocenters. The van der Waals surface area contributed by atoms with Crippen LogP contribution in [0.4, 0.5) is 17.8 Å². The summed E-state index contributed by atoms with van der Waals surface area (Å²) in [6.45, 7) is 4.56. The van der Waals surface area contributed by atoms with Gasteiger partial charge < -0.3 is 10.2 Å². The molecular weight excluding hydrogens is 254 g/mol. The van der Waals surface area contributed by atoms with Crippen molar-refractivity contribution in [2.75, 3.05) is 29.7 Å². The molecule has 0 bridgehead atoms. The summed E-state index contributed by atoms with van der Waals surface area (Å²) < 4.78 is 0. The fourth-order valence-electron chi connectivity index (χ4n) is 2.89. The molecule has 1 aliphatic carbocycles. The van der Waals surface area contributed by atoms with Crippen LogP contribution < -0.4 is 21.5 Å². The summed E-state index contributed by atoms with van der Waals surface area (Å²) in [5.74, 6) is 8.40. The summed E-state index contributed by atoms with van der Waals surface area (Å²) in [7, 11) is 3.79. The van der Waals surface area contributed by atoms with Gasteiger partial charge in [-0.2, -0.15) is 15.0 Å². The van der Waals surface area contributed by atoms with Crippen LogP contribution in [-0.4, -0.2) is 35.1 Å². The Labute approximate surface area is 120 Å². The van der Waals surface area contributed by atoms with Crippen LogP contribution in [0.2, 0.25) is 0 Å². The van der Waals surface area contributed by atoms with Crippen LogP contribution in [0.25, 0.3) is 0 Å². The smallest absolute Gasteiger partial charge is 0.243 e. The standard InChI is InChI=1S/C13H25N7/c1-5-9-6-7-10(8(9)2)15-11-16-12(19-14)18-13(17-11)20(3)4/h8-10H,5-7,14H2,1-4H3,(H2,15,16,17,18,19). The monoisotopic (exact) mass is 279 g/mol. The van der Waals surface area contributed by atoms with Gasteiger partial charge in [0.2, 0.25) is 17.8 Å². The van der Waals surface area contributed by atoms with Crippen LogP contribution in [-0.2, 0) is 0 Å². The Morgan fingerprint density at radius 1 is 1.20 bits per heavy atom. The molecule has 112 valence electrons. The summed E-state index contributed by atoms with van der Waals surface area (Å²) in [5.41, 5.74) is 2.49. The zero-order valence-corrected chi connectivity index (χ0v) is 12.7. The topological polar surface area (TPSA) is 92.0 Å². The number of hydrazine groups is 1. The van der Waals surface area contributed by atoms with Crippen molar-refractivity contribution in [2.24, 2.45) is 17.7 Å². The number of nitrogens with zero attached hydrogens (tertiary/aromatic N) is 4. The first-order chi connectivity index (χ1) is 9.55. The highest BCUT2D eigenvalue weighted by Gasteiger charge is 2.32. The highest BCUT2D eigenvalue weighted by atomic mass is 15.4. The molecular formula is C13H25N7. The van der Waals surface area contributed by atoms with Gasteiger partial charge in [-0.3, -0.25) is 5.43 Å². The van der Waals surface area contributed by atoms with Gasteiger partial charge in [-0.15, -0.1) is 0 Å². The lowest BCUT2D eigenvalue weighted by atomic mass is 9.94. The fraction of sp³-hybridized carbons (Fsp3) is 0.769. The van der Waals surface area contributed by atoms with Crippen molar-refractivity contribution in [1.29, 1.82) is 0 Å². The van der Waals surface area contributed by atoms with Crippen molar-refractivity contribution in [2.45, 2.75) is 39.2 Å². The zero-order valence-electron chi connectivity index (χ0n) is 12.7. The van der Waals surface area contributed by atoms with E-state index in [1.165, 1.54) is 12.8 Å². The number of nitrogen functional groups attached to an aromatic ring is 1. The molecule has 7 nitrogen and oxygen atoms in total. The predicted molar refractivity (Wildman–Crippen MR) is 81.6 cm³/mol. The third-order valence-corrected chi connectivity index (χ3v) is 4.22. The largest absolute Gasteiger partial charge is 0.351 e. The number of rotatable bonds is 5. The summed E-state index contributed by atoms with van der Waals surface area (Å²) >= 11 is 0. The molecule has 1 fully saturated rings. The molecule has 1 aliphatic rings. The molecule has 0 spiro atoms. The molecule has 1 aromatic heterocycles. The Balaban J connectivity index is 2.15. The third kappa shape index (κ3) is 3.09. The number of anilines is 3. The molecule has 0 aliphatic heterocycles. The molecule has 7 heteroatoms. The third-order valence-electron chi connectivity index (χ3n) is 4.22. The normalized spacial score (nSPS) is 25.6. The molecule has 2 rings (SSSR count). The van der Waals surface area contributed by atoms with E-state index in [1.807, 2.05) is 19.0 Å². The van der Waals surface area contributed by atoms with Gasteiger partial charge in [-0.25, -0.2) is 5.84 Å². The van der Waals surface area contributed by atoms with Crippen molar-refractivity contribution in [1.82, 2.24) is 15.0 Å². The maximum atomic E-state index is 5.42. The lowest BCUT2D eigenvalue weighted by Crippen LogP contribution is -2.27. The van der Waals surface area contributed by atoms with E-state index in [2.05, 4.69) is 39.5 Å². The van der Waals surface area contributed by atoms with Crippen LogP contribution in [0.15, 0.2) is 0 Å². The number of hydrogen-bond donors (Lipinski definition) is 3. The minimum atomic E-state index is 0.379. The van der Waals surface area contributed by atoms with Crippen LogP contribution in [0, 0.1) is 11.8 Å². The Kier molecular flexibility index (Phi) is 4.59. The van der Waals surface area contributed by atoms with Gasteiger partial charge in [0.1, 0.15) is 0 Å². The van der Waals surface area contributed by atoms with E-state index in [-0.39, 0.29) is 0 Å². The minimum Gasteiger partial charge on any atom is -0.351 e. The molecule has 20 heavy (non-hydrogen) atoms. The van der Waals surface area contributed by atoms with E-state index in [0.717, 1.165) is 12.3 Å². The van der Waals surface area contributed by atoms with Crippen molar-refractivity contribution >= 4 is 17.8 Å². The average molecular weight is 279 g/mol. The molecule has 0 amide bonds. The molecule has 4 N–H and O–H groups in total. The number of aromatic nitrogens is 3. The predicted octanol–water partition coefficient (Wildman–Crippen LogP) is 1.46. The average Bonchev–Trinajstić information content (AvgIpc) is 2.79. The molecule has 0 saturated heterocycles. The quantitative estimate of drug-likeness (QED) is 0.555. The molecule has 0 radical (unpaired) electrons. The van der Waals surface area contributed by atoms with E-state index in [1.54, 1.807) is 0 Å². The summed E-state index contributed by atoms with van der Waals surface area (Å²) in [6.07, 6.45) is 3.66. The minimum absolute atomic E-state index is 0.379. The molecule has 1 aromatic rings. The lowest BCUT2D eigenvalue weighted by molar-refractivity contribution is 0.391. The first-order valence-electron chi connectivity index (χ1n) is 7.21. The molecule has 1 saturated carbocycles. The van der Waals surface area contributed by atoms with E-state index < -0.39 is 0 Å². The maximum Gasteiger partial charge on any atom is 0.243 e. The Morgan fingerprint density at radius 3 is 2.45 bits per heavy atom. The van der Waals surface area contributed by atoms with Gasteiger partial charge in [-0.1, -0.05) is 20.3 Å². The summed E-state index contributed by atoms with van der Waals surface area (Å²) in [4.78, 5) is 14.8. The first-order valence-corrected chi connectivity index (χ1v) is 7.21. The highest BCUT2D eigenvalue weighted by molar-refractivity contribution is 5.43. The zero-order chi connectivity index (χ0) is 14.7. The highest BCUT2D eigenvalue weighted by Crippen LogP contribution is 2.35. The number of nitrogens with two attached hydrogens (primary N) is 1. The molecule has 1 heterocycles. The summed E-state index contributed by atoms with van der Waals surface area (Å²) in [6, 6.07) is 0.419. The van der Waals surface area contributed by atoms with E-state index >= 15 is 0 Å². The van der Waals surface area contributed by atoms with E-state index in [0.29, 0.717) is 29.8 Å². The Bertz CT molecular complexity index is 448. The van der Waals surface area contributed by atoms with Crippen molar-refractivity contribution in [3.8, 4) is 0 Å². The van der Waals surface area contributed by atoms with Crippen LogP contribution >= 0.6 is 0 Å². The lowest BCUT2D eigenvalue weighted by Gasteiger charge is -2.21. The van der Waals surface area contributed by atoms with Crippen LogP contribution in [0.5, 0.6) is 0 Å². The maximum absolute atomic E-state index is 5.42.